The van der Waals surface area contributed by atoms with Gasteiger partial charge >= 0.3 is 0 Å². The first kappa shape index (κ1) is 8.74. The third-order valence-electron chi connectivity index (χ3n) is 2.09. The molecule has 0 aromatic heterocycles. The Morgan fingerprint density at radius 2 is 2.00 bits per heavy atom. The van der Waals surface area contributed by atoms with Crippen LogP contribution in [0, 0.1) is 0 Å². The Morgan fingerprint density at radius 1 is 1.20 bits per heavy atom. The summed E-state index contributed by atoms with van der Waals surface area (Å²) in [5.41, 5.74) is 0. The number of rotatable bonds is 1. The van der Waals surface area contributed by atoms with Crippen molar-refractivity contribution in [2.45, 2.75) is 44.2 Å². The van der Waals surface area contributed by atoms with E-state index in [0.717, 1.165) is 19.3 Å². The van der Waals surface area contributed by atoms with Gasteiger partial charge in [-0.3, -0.25) is 3.53 Å². The highest BCUT2D eigenvalue weighted by molar-refractivity contribution is 14.1. The van der Waals surface area contributed by atoms with E-state index in [2.05, 4.69) is 26.4 Å². The predicted octanol–water partition coefficient (Wildman–Crippen LogP) is 1.62. The van der Waals surface area contributed by atoms with Crippen LogP contribution in [0.3, 0.4) is 0 Å². The molecule has 1 aliphatic carbocycles. The molecule has 0 spiro atoms. The van der Waals surface area contributed by atoms with Gasteiger partial charge in [0.15, 0.2) is 0 Å². The van der Waals surface area contributed by atoms with Crippen LogP contribution in [0.4, 0.5) is 0 Å². The molecule has 0 amide bonds. The summed E-state index contributed by atoms with van der Waals surface area (Å²) in [5, 5.41) is 9.27. The molecule has 0 aromatic carbocycles. The molecule has 1 saturated carbocycles. The summed E-state index contributed by atoms with van der Waals surface area (Å²) < 4.78 is 3.22. The first-order valence-corrected chi connectivity index (χ1v) is 4.95. The Hall–Kier alpha value is 0.650. The van der Waals surface area contributed by atoms with Gasteiger partial charge in [0.05, 0.1) is 6.10 Å². The van der Waals surface area contributed by atoms with E-state index in [-0.39, 0.29) is 6.10 Å². The number of nitrogens with one attached hydrogen (secondary N) is 1. The lowest BCUT2D eigenvalue weighted by Crippen LogP contribution is -2.18. The van der Waals surface area contributed by atoms with Crippen LogP contribution in [0.25, 0.3) is 0 Å². The maximum atomic E-state index is 9.27. The minimum absolute atomic E-state index is 0.0326. The zero-order chi connectivity index (χ0) is 7.40. The average molecular weight is 255 g/mol. The molecule has 0 saturated heterocycles. The van der Waals surface area contributed by atoms with Gasteiger partial charge in [0.2, 0.25) is 0 Å². The summed E-state index contributed by atoms with van der Waals surface area (Å²) in [7, 11) is 0. The molecular formula is C7H14INO. The van der Waals surface area contributed by atoms with Gasteiger partial charge in [-0.25, -0.2) is 0 Å². The van der Waals surface area contributed by atoms with Crippen LogP contribution in [0.2, 0.25) is 0 Å². The van der Waals surface area contributed by atoms with Crippen molar-refractivity contribution in [1.82, 2.24) is 3.53 Å². The summed E-state index contributed by atoms with van der Waals surface area (Å²) in [5.74, 6) is 0. The van der Waals surface area contributed by atoms with E-state index in [1.807, 2.05) is 0 Å². The van der Waals surface area contributed by atoms with Gasteiger partial charge in [0, 0.05) is 28.9 Å². The van der Waals surface area contributed by atoms with E-state index < -0.39 is 0 Å². The Kier molecular flexibility index (Phi) is 3.95. The average Bonchev–Trinajstić information content (AvgIpc) is 2.14. The third kappa shape index (κ3) is 2.72. The first-order chi connectivity index (χ1) is 4.83. The van der Waals surface area contributed by atoms with Crippen molar-refractivity contribution in [1.29, 1.82) is 0 Å². The van der Waals surface area contributed by atoms with Crippen LogP contribution in [0.15, 0.2) is 0 Å². The molecule has 0 aliphatic heterocycles. The van der Waals surface area contributed by atoms with E-state index >= 15 is 0 Å². The van der Waals surface area contributed by atoms with Crippen LogP contribution >= 0.6 is 22.9 Å². The molecule has 0 heterocycles. The van der Waals surface area contributed by atoms with Crippen LogP contribution in [0.1, 0.15) is 32.1 Å². The largest absolute Gasteiger partial charge is 0.393 e. The standard InChI is InChI=1S/C7H14INO/c8-9-6-2-1-3-7(10)5-4-6/h6-7,9-10H,1-5H2. The molecule has 2 atom stereocenters. The second kappa shape index (κ2) is 4.51. The van der Waals surface area contributed by atoms with Crippen molar-refractivity contribution in [2.24, 2.45) is 0 Å². The fraction of sp³-hybridized carbons (Fsp3) is 1.00. The van der Waals surface area contributed by atoms with Gasteiger partial charge in [-0.05, 0) is 32.1 Å². The molecule has 0 aromatic rings. The fourth-order valence-electron chi connectivity index (χ4n) is 1.39. The van der Waals surface area contributed by atoms with Crippen molar-refractivity contribution in [3.05, 3.63) is 0 Å². The zero-order valence-corrected chi connectivity index (χ0v) is 8.17. The Morgan fingerprint density at radius 3 is 2.70 bits per heavy atom. The molecular weight excluding hydrogens is 241 g/mol. The van der Waals surface area contributed by atoms with Crippen molar-refractivity contribution in [2.75, 3.05) is 0 Å². The van der Waals surface area contributed by atoms with Gasteiger partial charge in [-0.1, -0.05) is 0 Å². The SMILES string of the molecule is OC1CCCC(NI)CC1. The molecule has 1 rings (SSSR count). The summed E-state index contributed by atoms with van der Waals surface area (Å²) in [6.45, 7) is 0. The van der Waals surface area contributed by atoms with E-state index in [1.54, 1.807) is 0 Å². The van der Waals surface area contributed by atoms with Crippen LogP contribution < -0.4 is 3.53 Å². The molecule has 1 aliphatic rings. The van der Waals surface area contributed by atoms with Crippen molar-refractivity contribution in [3.63, 3.8) is 0 Å². The minimum Gasteiger partial charge on any atom is -0.393 e. The summed E-state index contributed by atoms with van der Waals surface area (Å²) >= 11 is 2.20. The Labute approximate surface area is 75.9 Å². The Bertz CT molecular complexity index is 99.6. The highest BCUT2D eigenvalue weighted by Crippen LogP contribution is 2.18. The predicted molar refractivity (Wildman–Crippen MR) is 50.0 cm³/mol. The summed E-state index contributed by atoms with van der Waals surface area (Å²) in [6, 6.07) is 0.637. The molecule has 3 heteroatoms. The molecule has 60 valence electrons. The smallest absolute Gasteiger partial charge is 0.0540 e. The van der Waals surface area contributed by atoms with Crippen LogP contribution in [-0.2, 0) is 0 Å². The van der Waals surface area contributed by atoms with Gasteiger partial charge in [0.25, 0.3) is 0 Å². The van der Waals surface area contributed by atoms with E-state index in [0.29, 0.717) is 6.04 Å². The third-order valence-corrected chi connectivity index (χ3v) is 2.97. The van der Waals surface area contributed by atoms with Crippen molar-refractivity contribution >= 4 is 22.9 Å². The van der Waals surface area contributed by atoms with Crippen molar-refractivity contribution < 1.29 is 5.11 Å². The molecule has 0 bridgehead atoms. The molecule has 0 radical (unpaired) electrons. The minimum atomic E-state index is -0.0326. The summed E-state index contributed by atoms with van der Waals surface area (Å²) in [6.07, 6.45) is 5.45. The second-order valence-corrected chi connectivity index (χ2v) is 3.59. The maximum absolute atomic E-state index is 9.27. The molecule has 2 nitrogen and oxygen atoms in total. The van der Waals surface area contributed by atoms with Gasteiger partial charge in [0.1, 0.15) is 0 Å². The van der Waals surface area contributed by atoms with Gasteiger partial charge in [-0.2, -0.15) is 0 Å². The van der Waals surface area contributed by atoms with Crippen LogP contribution in [0.5, 0.6) is 0 Å². The highest BCUT2D eigenvalue weighted by atomic mass is 127. The monoisotopic (exact) mass is 255 g/mol. The highest BCUT2D eigenvalue weighted by Gasteiger charge is 2.15. The first-order valence-electron chi connectivity index (χ1n) is 3.87. The lowest BCUT2D eigenvalue weighted by atomic mass is 10.1. The molecule has 2 unspecified atom stereocenters. The number of aliphatic hydroxyl groups excluding tert-OH is 1. The number of aliphatic hydroxyl groups is 1. The van der Waals surface area contributed by atoms with Gasteiger partial charge in [-0.15, -0.1) is 0 Å². The quantitative estimate of drug-likeness (QED) is 0.424. The van der Waals surface area contributed by atoms with Gasteiger partial charge < -0.3 is 5.11 Å². The lowest BCUT2D eigenvalue weighted by Gasteiger charge is -2.09. The second-order valence-electron chi connectivity index (χ2n) is 2.97. The number of halogens is 1. The van der Waals surface area contributed by atoms with Crippen LogP contribution in [-0.4, -0.2) is 17.3 Å². The Balaban J connectivity index is 2.26. The molecule has 10 heavy (non-hydrogen) atoms. The normalized spacial score (nSPS) is 35.4. The molecule has 2 N–H and O–H groups in total. The van der Waals surface area contributed by atoms with E-state index in [4.69, 9.17) is 0 Å². The summed E-state index contributed by atoms with van der Waals surface area (Å²) in [4.78, 5) is 0. The lowest BCUT2D eigenvalue weighted by molar-refractivity contribution is 0.157. The van der Waals surface area contributed by atoms with Crippen molar-refractivity contribution in [3.8, 4) is 0 Å². The molecule has 1 fully saturated rings. The van der Waals surface area contributed by atoms with E-state index in [1.165, 1.54) is 12.8 Å². The van der Waals surface area contributed by atoms with E-state index in [9.17, 15) is 5.11 Å². The zero-order valence-electron chi connectivity index (χ0n) is 6.02. The number of hydrogen-bond acceptors (Lipinski definition) is 2. The number of hydrogen-bond donors (Lipinski definition) is 2. The fourth-order valence-corrected chi connectivity index (χ4v) is 2.01. The maximum Gasteiger partial charge on any atom is 0.0540 e. The topological polar surface area (TPSA) is 32.3 Å².